The molecule has 1 amide bonds. The van der Waals surface area contributed by atoms with E-state index in [1.807, 2.05) is 11.0 Å². The van der Waals surface area contributed by atoms with Crippen LogP contribution in [0.25, 0.3) is 0 Å². The largest absolute Gasteiger partial charge is 0.350 e. The topological polar surface area (TPSA) is 58.1 Å². The van der Waals surface area contributed by atoms with Gasteiger partial charge in [-0.3, -0.25) is 4.79 Å². The van der Waals surface area contributed by atoms with Crippen LogP contribution in [-0.4, -0.2) is 33.9 Å². The lowest BCUT2D eigenvalue weighted by Crippen LogP contribution is -2.38. The minimum absolute atomic E-state index is 0.00269. The van der Waals surface area contributed by atoms with Crippen molar-refractivity contribution < 1.29 is 4.79 Å². The van der Waals surface area contributed by atoms with Gasteiger partial charge in [0.25, 0.3) is 5.91 Å². The van der Waals surface area contributed by atoms with Crippen LogP contribution >= 0.6 is 0 Å². The molecule has 126 valence electrons. The quantitative estimate of drug-likeness (QED) is 0.938. The molecule has 24 heavy (non-hydrogen) atoms. The Balaban J connectivity index is 1.64. The molecule has 2 heterocycles. The maximum Gasteiger partial charge on any atom is 0.272 e. The van der Waals surface area contributed by atoms with Crippen LogP contribution in [0, 0.1) is 12.8 Å². The molecule has 1 saturated heterocycles. The van der Waals surface area contributed by atoms with E-state index in [1.165, 1.54) is 11.1 Å². The van der Waals surface area contributed by atoms with Crippen LogP contribution in [0.4, 0.5) is 5.95 Å². The Morgan fingerprint density at radius 2 is 2.08 bits per heavy atom. The zero-order valence-electron chi connectivity index (χ0n) is 14.3. The third-order valence-corrected chi connectivity index (χ3v) is 4.48. The second-order valence-electron chi connectivity index (χ2n) is 6.58. The normalized spacial score (nSPS) is 15.3. The number of piperidine rings is 1. The molecule has 0 aliphatic carbocycles. The molecule has 1 aliphatic rings. The molecule has 0 atom stereocenters. The van der Waals surface area contributed by atoms with Gasteiger partial charge in [-0.15, -0.1) is 0 Å². The summed E-state index contributed by atoms with van der Waals surface area (Å²) in [5, 5.41) is 3.20. The fourth-order valence-corrected chi connectivity index (χ4v) is 2.94. The van der Waals surface area contributed by atoms with Gasteiger partial charge in [-0.25, -0.2) is 9.97 Å². The number of carbonyl (C=O) groups is 1. The molecule has 3 rings (SSSR count). The maximum absolute atomic E-state index is 12.6. The molecule has 2 aromatic rings. The molecule has 5 heteroatoms. The summed E-state index contributed by atoms with van der Waals surface area (Å²) in [4.78, 5) is 23.1. The highest BCUT2D eigenvalue weighted by Crippen LogP contribution is 2.18. The molecule has 1 aromatic carbocycles. The van der Waals surface area contributed by atoms with E-state index in [9.17, 15) is 4.79 Å². The number of likely N-dealkylation sites (tertiary alicyclic amines) is 1. The van der Waals surface area contributed by atoms with E-state index in [1.54, 1.807) is 12.3 Å². The van der Waals surface area contributed by atoms with E-state index in [2.05, 4.69) is 47.3 Å². The van der Waals surface area contributed by atoms with Crippen LogP contribution in [0.1, 0.15) is 41.4 Å². The van der Waals surface area contributed by atoms with E-state index in [0.29, 0.717) is 24.1 Å². The molecule has 0 radical (unpaired) electrons. The van der Waals surface area contributed by atoms with Crippen LogP contribution in [0.3, 0.4) is 0 Å². The number of nitrogens with one attached hydrogen (secondary N) is 1. The van der Waals surface area contributed by atoms with E-state index >= 15 is 0 Å². The first-order valence-corrected chi connectivity index (χ1v) is 8.53. The van der Waals surface area contributed by atoms with Crippen molar-refractivity contribution >= 4 is 11.9 Å². The second kappa shape index (κ2) is 7.43. The number of aryl methyl sites for hydroxylation is 1. The monoisotopic (exact) mass is 324 g/mol. The molecule has 0 saturated carbocycles. The Kier molecular flexibility index (Phi) is 5.08. The Morgan fingerprint density at radius 1 is 1.29 bits per heavy atom. The summed E-state index contributed by atoms with van der Waals surface area (Å²) < 4.78 is 0. The van der Waals surface area contributed by atoms with Crippen molar-refractivity contribution in [2.24, 2.45) is 5.92 Å². The third kappa shape index (κ3) is 4.10. The van der Waals surface area contributed by atoms with Gasteiger partial charge in [-0.2, -0.15) is 0 Å². The fraction of sp³-hybridized carbons (Fsp3) is 0.421. The zero-order valence-corrected chi connectivity index (χ0v) is 14.3. The van der Waals surface area contributed by atoms with Gasteiger partial charge in [-0.1, -0.05) is 36.8 Å². The second-order valence-corrected chi connectivity index (χ2v) is 6.58. The van der Waals surface area contributed by atoms with Crippen LogP contribution in [0.15, 0.2) is 36.5 Å². The molecule has 0 spiro atoms. The van der Waals surface area contributed by atoms with Crippen LogP contribution in [0.2, 0.25) is 0 Å². The summed E-state index contributed by atoms with van der Waals surface area (Å²) in [5.74, 6) is 1.20. The maximum atomic E-state index is 12.6. The number of carbonyl (C=O) groups excluding carboxylic acids is 1. The Bertz CT molecular complexity index is 708. The minimum Gasteiger partial charge on any atom is -0.350 e. The van der Waals surface area contributed by atoms with Crippen molar-refractivity contribution in [1.29, 1.82) is 0 Å². The van der Waals surface area contributed by atoms with Crippen molar-refractivity contribution in [2.75, 3.05) is 18.4 Å². The number of benzene rings is 1. The predicted molar refractivity (Wildman–Crippen MR) is 94.8 cm³/mol. The van der Waals surface area contributed by atoms with Gasteiger partial charge in [0.15, 0.2) is 0 Å². The van der Waals surface area contributed by atoms with Gasteiger partial charge in [0.1, 0.15) is 5.69 Å². The van der Waals surface area contributed by atoms with Crippen molar-refractivity contribution in [3.63, 3.8) is 0 Å². The number of nitrogens with zero attached hydrogens (tertiary/aromatic N) is 3. The number of anilines is 1. The first-order chi connectivity index (χ1) is 11.6. The molecule has 1 N–H and O–H groups in total. The standard InChI is InChI=1S/C19H24N4O/c1-14-7-10-23(11-8-14)18(24)17-6-9-20-19(22-17)21-13-16-5-3-4-15(2)12-16/h3-6,9,12,14H,7-8,10-11,13H2,1-2H3,(H,20,21,22). The summed E-state index contributed by atoms with van der Waals surface area (Å²) in [6.07, 6.45) is 3.77. The lowest BCUT2D eigenvalue weighted by Gasteiger charge is -2.30. The lowest BCUT2D eigenvalue weighted by molar-refractivity contribution is 0.0691. The minimum atomic E-state index is 0.00269. The molecule has 0 bridgehead atoms. The molecule has 1 aromatic heterocycles. The van der Waals surface area contributed by atoms with Gasteiger partial charge >= 0.3 is 0 Å². The SMILES string of the molecule is Cc1cccc(CNc2nccc(C(=O)N3CCC(C)CC3)n2)c1. The van der Waals surface area contributed by atoms with Gasteiger partial charge < -0.3 is 10.2 Å². The zero-order chi connectivity index (χ0) is 16.9. The highest BCUT2D eigenvalue weighted by Gasteiger charge is 2.22. The van der Waals surface area contributed by atoms with Crippen molar-refractivity contribution in [2.45, 2.75) is 33.2 Å². The van der Waals surface area contributed by atoms with Gasteiger partial charge in [0, 0.05) is 25.8 Å². The van der Waals surface area contributed by atoms with Crippen molar-refractivity contribution in [1.82, 2.24) is 14.9 Å². The van der Waals surface area contributed by atoms with E-state index < -0.39 is 0 Å². The molecule has 5 nitrogen and oxygen atoms in total. The summed E-state index contributed by atoms with van der Waals surface area (Å²) in [5.41, 5.74) is 2.85. The molecule has 0 unspecified atom stereocenters. The number of amides is 1. The lowest BCUT2D eigenvalue weighted by atomic mass is 9.99. The number of aromatic nitrogens is 2. The average Bonchev–Trinajstić information content (AvgIpc) is 2.60. The molecular formula is C19H24N4O. The molecular weight excluding hydrogens is 300 g/mol. The van der Waals surface area contributed by atoms with Gasteiger partial charge in [0.2, 0.25) is 5.95 Å². The summed E-state index contributed by atoms with van der Waals surface area (Å²) in [6.45, 7) is 6.57. The molecule has 1 aliphatic heterocycles. The van der Waals surface area contributed by atoms with Crippen LogP contribution < -0.4 is 5.32 Å². The smallest absolute Gasteiger partial charge is 0.272 e. The van der Waals surface area contributed by atoms with E-state index in [-0.39, 0.29) is 5.91 Å². The fourth-order valence-electron chi connectivity index (χ4n) is 2.94. The van der Waals surface area contributed by atoms with E-state index in [4.69, 9.17) is 0 Å². The Morgan fingerprint density at radius 3 is 2.83 bits per heavy atom. The number of hydrogen-bond donors (Lipinski definition) is 1. The average molecular weight is 324 g/mol. The van der Waals surface area contributed by atoms with Gasteiger partial charge in [0.05, 0.1) is 0 Å². The number of hydrogen-bond acceptors (Lipinski definition) is 4. The third-order valence-electron chi connectivity index (χ3n) is 4.48. The Hall–Kier alpha value is -2.43. The molecule has 1 fully saturated rings. The summed E-state index contributed by atoms with van der Waals surface area (Å²) in [6, 6.07) is 9.97. The summed E-state index contributed by atoms with van der Waals surface area (Å²) >= 11 is 0. The number of rotatable bonds is 4. The van der Waals surface area contributed by atoms with Crippen LogP contribution in [-0.2, 0) is 6.54 Å². The van der Waals surface area contributed by atoms with Crippen molar-refractivity contribution in [3.05, 3.63) is 53.3 Å². The predicted octanol–water partition coefficient (Wildman–Crippen LogP) is 3.27. The van der Waals surface area contributed by atoms with Crippen molar-refractivity contribution in [3.8, 4) is 0 Å². The first kappa shape index (κ1) is 16.4. The highest BCUT2D eigenvalue weighted by atomic mass is 16.2. The Labute approximate surface area is 143 Å². The van der Waals surface area contributed by atoms with Crippen LogP contribution in [0.5, 0.6) is 0 Å². The van der Waals surface area contributed by atoms with Gasteiger partial charge in [-0.05, 0) is 37.3 Å². The first-order valence-electron chi connectivity index (χ1n) is 8.53. The summed E-state index contributed by atoms with van der Waals surface area (Å²) in [7, 11) is 0. The van der Waals surface area contributed by atoms with E-state index in [0.717, 1.165) is 25.9 Å². The highest BCUT2D eigenvalue weighted by molar-refractivity contribution is 5.92.